The number of ether oxygens (including phenoxy) is 1. The highest BCUT2D eigenvalue weighted by atomic mass is 16.5. The van der Waals surface area contributed by atoms with Crippen molar-refractivity contribution in [1.29, 1.82) is 0 Å². The van der Waals surface area contributed by atoms with Crippen LogP contribution in [-0.2, 0) is 4.74 Å². The lowest BCUT2D eigenvalue weighted by atomic mass is 9.76. The van der Waals surface area contributed by atoms with E-state index < -0.39 is 0 Å². The second kappa shape index (κ2) is 7.42. The minimum absolute atomic E-state index is 0.0341. The summed E-state index contributed by atoms with van der Waals surface area (Å²) < 4.78 is 6.06. The van der Waals surface area contributed by atoms with Crippen molar-refractivity contribution in [2.75, 3.05) is 13.7 Å². The third-order valence-corrected chi connectivity index (χ3v) is 4.98. The highest BCUT2D eigenvalue weighted by molar-refractivity contribution is 5.29. The minimum Gasteiger partial charge on any atom is -0.376 e. The van der Waals surface area contributed by atoms with Gasteiger partial charge in [0, 0.05) is 7.11 Å². The van der Waals surface area contributed by atoms with Crippen LogP contribution in [0.1, 0.15) is 76.0 Å². The van der Waals surface area contributed by atoms with Gasteiger partial charge in [0.1, 0.15) is 0 Å². The first-order valence-electron chi connectivity index (χ1n) is 8.51. The zero-order valence-electron chi connectivity index (χ0n) is 14.1. The molecule has 21 heavy (non-hydrogen) atoms. The first-order valence-corrected chi connectivity index (χ1v) is 8.51. The molecular weight excluding hydrogens is 258 g/mol. The van der Waals surface area contributed by atoms with Crippen molar-refractivity contribution in [2.45, 2.75) is 70.4 Å². The topological polar surface area (TPSA) is 21.3 Å². The summed E-state index contributed by atoms with van der Waals surface area (Å²) in [5.41, 5.74) is 2.74. The van der Waals surface area contributed by atoms with Gasteiger partial charge in [-0.05, 0) is 36.4 Å². The molecule has 1 atom stereocenters. The Morgan fingerprint density at radius 1 is 1.05 bits per heavy atom. The van der Waals surface area contributed by atoms with E-state index in [9.17, 15) is 0 Å². The third kappa shape index (κ3) is 3.67. The monoisotopic (exact) mass is 289 g/mol. The fourth-order valence-electron chi connectivity index (χ4n) is 3.65. The maximum atomic E-state index is 6.06. The van der Waals surface area contributed by atoms with Crippen LogP contribution in [0.3, 0.4) is 0 Å². The van der Waals surface area contributed by atoms with Crippen LogP contribution in [0, 0.1) is 0 Å². The zero-order valence-corrected chi connectivity index (χ0v) is 14.1. The van der Waals surface area contributed by atoms with Crippen LogP contribution in [0.5, 0.6) is 0 Å². The highest BCUT2D eigenvalue weighted by Gasteiger charge is 2.40. The van der Waals surface area contributed by atoms with Gasteiger partial charge in [0.2, 0.25) is 0 Å². The van der Waals surface area contributed by atoms with E-state index in [0.717, 1.165) is 19.4 Å². The molecule has 0 saturated heterocycles. The number of nitrogens with one attached hydrogen (secondary N) is 1. The van der Waals surface area contributed by atoms with Crippen LogP contribution in [0.2, 0.25) is 0 Å². The van der Waals surface area contributed by atoms with Crippen molar-refractivity contribution >= 4 is 0 Å². The van der Waals surface area contributed by atoms with Gasteiger partial charge < -0.3 is 10.1 Å². The van der Waals surface area contributed by atoms with E-state index in [-0.39, 0.29) is 5.60 Å². The molecule has 0 amide bonds. The van der Waals surface area contributed by atoms with Crippen LogP contribution in [-0.4, -0.2) is 19.3 Å². The molecule has 1 N–H and O–H groups in total. The Labute approximate surface area is 130 Å². The molecule has 0 radical (unpaired) electrons. The lowest BCUT2D eigenvalue weighted by Crippen LogP contribution is -2.47. The number of hydrogen-bond donors (Lipinski definition) is 1. The maximum Gasteiger partial charge on any atom is 0.0872 e. The normalized spacial score (nSPS) is 19.7. The molecule has 1 aliphatic rings. The van der Waals surface area contributed by atoms with Gasteiger partial charge in [0.15, 0.2) is 0 Å². The minimum atomic E-state index is -0.0341. The fourth-order valence-corrected chi connectivity index (χ4v) is 3.65. The van der Waals surface area contributed by atoms with E-state index in [1.807, 2.05) is 7.11 Å². The van der Waals surface area contributed by atoms with E-state index in [0.29, 0.717) is 12.0 Å². The molecule has 1 aromatic carbocycles. The largest absolute Gasteiger partial charge is 0.376 e. The molecular formula is C19H31NO. The summed E-state index contributed by atoms with van der Waals surface area (Å²) in [4.78, 5) is 0. The van der Waals surface area contributed by atoms with E-state index >= 15 is 0 Å². The van der Waals surface area contributed by atoms with E-state index in [1.54, 1.807) is 0 Å². The Hall–Kier alpha value is -0.860. The van der Waals surface area contributed by atoms with Crippen LogP contribution >= 0.6 is 0 Å². The van der Waals surface area contributed by atoms with Gasteiger partial charge in [-0.15, -0.1) is 0 Å². The summed E-state index contributed by atoms with van der Waals surface area (Å²) >= 11 is 0. The molecule has 118 valence electrons. The van der Waals surface area contributed by atoms with Crippen molar-refractivity contribution in [3.63, 3.8) is 0 Å². The SMILES string of the molecule is CCNC(c1ccc(C(C)C)cc1)C1(OC)CCCCC1. The van der Waals surface area contributed by atoms with Gasteiger partial charge >= 0.3 is 0 Å². The Morgan fingerprint density at radius 2 is 1.62 bits per heavy atom. The molecule has 2 heteroatoms. The second-order valence-electron chi connectivity index (χ2n) is 6.64. The number of hydrogen-bond acceptors (Lipinski definition) is 2. The molecule has 1 aromatic rings. The number of rotatable bonds is 6. The second-order valence-corrected chi connectivity index (χ2v) is 6.64. The molecule has 0 bridgehead atoms. The highest BCUT2D eigenvalue weighted by Crippen LogP contribution is 2.41. The Bertz CT molecular complexity index is 418. The van der Waals surface area contributed by atoms with Gasteiger partial charge in [-0.2, -0.15) is 0 Å². The van der Waals surface area contributed by atoms with Crippen molar-refractivity contribution in [3.8, 4) is 0 Å². The predicted molar refractivity (Wildman–Crippen MR) is 89.8 cm³/mol. The first kappa shape index (κ1) is 16.5. The molecule has 2 rings (SSSR count). The summed E-state index contributed by atoms with van der Waals surface area (Å²) in [6, 6.07) is 9.43. The number of likely N-dealkylation sites (N-methyl/N-ethyl adjacent to an activating group) is 1. The van der Waals surface area contributed by atoms with Gasteiger partial charge in [0.25, 0.3) is 0 Å². The van der Waals surface area contributed by atoms with Gasteiger partial charge in [-0.25, -0.2) is 0 Å². The van der Waals surface area contributed by atoms with Gasteiger partial charge in [0.05, 0.1) is 11.6 Å². The molecule has 1 unspecified atom stereocenters. The Morgan fingerprint density at radius 3 is 2.10 bits per heavy atom. The Balaban J connectivity index is 2.28. The molecule has 1 aliphatic carbocycles. The lowest BCUT2D eigenvalue weighted by molar-refractivity contribution is -0.0684. The predicted octanol–water partition coefficient (Wildman–Crippen LogP) is 4.81. The Kier molecular flexibility index (Phi) is 5.83. The zero-order chi connectivity index (χ0) is 15.3. The van der Waals surface area contributed by atoms with Crippen molar-refractivity contribution in [3.05, 3.63) is 35.4 Å². The summed E-state index contributed by atoms with van der Waals surface area (Å²) in [5, 5.41) is 3.68. The average Bonchev–Trinajstić information content (AvgIpc) is 2.53. The van der Waals surface area contributed by atoms with Crippen molar-refractivity contribution in [2.24, 2.45) is 0 Å². The van der Waals surface area contributed by atoms with Gasteiger partial charge in [-0.3, -0.25) is 0 Å². The van der Waals surface area contributed by atoms with Crippen LogP contribution in [0.4, 0.5) is 0 Å². The fraction of sp³-hybridized carbons (Fsp3) is 0.684. The standard InChI is InChI=1S/C19H31NO/c1-5-20-18(19(21-4)13-7-6-8-14-19)17-11-9-16(10-12-17)15(2)3/h9-12,15,18,20H,5-8,13-14H2,1-4H3. The third-order valence-electron chi connectivity index (χ3n) is 4.98. The van der Waals surface area contributed by atoms with E-state index in [1.165, 1.54) is 30.4 Å². The summed E-state index contributed by atoms with van der Waals surface area (Å²) in [6.07, 6.45) is 6.22. The molecule has 2 nitrogen and oxygen atoms in total. The maximum absolute atomic E-state index is 6.06. The molecule has 0 aromatic heterocycles. The molecule has 0 spiro atoms. The first-order chi connectivity index (χ1) is 10.1. The molecule has 1 fully saturated rings. The number of benzene rings is 1. The van der Waals surface area contributed by atoms with Crippen molar-refractivity contribution in [1.82, 2.24) is 5.32 Å². The summed E-state index contributed by atoms with van der Waals surface area (Å²) in [7, 11) is 1.89. The summed E-state index contributed by atoms with van der Waals surface area (Å²) in [6.45, 7) is 7.65. The summed E-state index contributed by atoms with van der Waals surface area (Å²) in [5.74, 6) is 0.586. The van der Waals surface area contributed by atoms with E-state index in [4.69, 9.17) is 4.74 Å². The molecule has 0 aliphatic heterocycles. The van der Waals surface area contributed by atoms with Gasteiger partial charge in [-0.1, -0.05) is 64.3 Å². The average molecular weight is 289 g/mol. The lowest BCUT2D eigenvalue weighted by Gasteiger charge is -2.43. The quantitative estimate of drug-likeness (QED) is 0.811. The molecule has 1 saturated carbocycles. The molecule has 0 heterocycles. The van der Waals surface area contributed by atoms with Crippen LogP contribution in [0.15, 0.2) is 24.3 Å². The smallest absolute Gasteiger partial charge is 0.0872 e. The van der Waals surface area contributed by atoms with E-state index in [2.05, 4.69) is 50.4 Å². The van der Waals surface area contributed by atoms with Crippen LogP contribution in [0.25, 0.3) is 0 Å². The number of methoxy groups -OCH3 is 1. The van der Waals surface area contributed by atoms with Crippen molar-refractivity contribution < 1.29 is 4.74 Å². The van der Waals surface area contributed by atoms with Crippen LogP contribution < -0.4 is 5.32 Å².